The van der Waals surface area contributed by atoms with E-state index in [0.29, 0.717) is 44.2 Å². The number of piperidine rings is 2. The fraction of sp³-hybridized carbons (Fsp3) is 0.340. The lowest BCUT2D eigenvalue weighted by molar-refractivity contribution is -0.134. The van der Waals surface area contributed by atoms with Crippen LogP contribution in [0.4, 0.5) is 0 Å². The second-order valence-corrected chi connectivity index (χ2v) is 18.7. The number of nitrogens with one attached hydrogen (secondary N) is 2. The van der Waals surface area contributed by atoms with Crippen LogP contribution in [0.25, 0.3) is 27.9 Å². The molecule has 2 aliphatic rings. The fourth-order valence-electron chi connectivity index (χ4n) is 9.06. The number of hydrogen-bond acceptors (Lipinski definition) is 11. The zero-order valence-corrected chi connectivity index (χ0v) is 38.7. The Kier molecular flexibility index (Phi) is 13.0. The van der Waals surface area contributed by atoms with E-state index in [1.165, 1.54) is 11.1 Å². The molecule has 1 atom stereocenters. The van der Waals surface area contributed by atoms with E-state index in [-0.39, 0.29) is 29.0 Å². The maximum Gasteiger partial charge on any atom is 0.292 e. The number of methoxy groups -OCH3 is 1. The summed E-state index contributed by atoms with van der Waals surface area (Å²) in [5.74, 6) is 1.54. The number of imide groups is 1. The number of amides is 3. The minimum atomic E-state index is -0.391. The number of likely N-dealkylation sites (tertiary alicyclic amines) is 1. The van der Waals surface area contributed by atoms with Gasteiger partial charge in [-0.05, 0) is 114 Å². The lowest BCUT2D eigenvalue weighted by Gasteiger charge is -2.32. The van der Waals surface area contributed by atoms with Gasteiger partial charge >= 0.3 is 0 Å². The van der Waals surface area contributed by atoms with Crippen molar-refractivity contribution in [1.82, 2.24) is 40.3 Å². The zero-order valence-electron chi connectivity index (χ0n) is 38.7. The van der Waals surface area contributed by atoms with Crippen molar-refractivity contribution in [3.8, 4) is 33.9 Å². The number of carbonyl (C=O) groups excluding carboxylic acids is 3. The van der Waals surface area contributed by atoms with Gasteiger partial charge in [0.2, 0.25) is 17.7 Å². The largest absolute Gasteiger partial charge is 0.496 e. The van der Waals surface area contributed by atoms with Crippen LogP contribution >= 0.6 is 0 Å². The molecule has 4 aromatic carbocycles. The van der Waals surface area contributed by atoms with Crippen LogP contribution in [0.15, 0.2) is 108 Å². The molecule has 344 valence electrons. The van der Waals surface area contributed by atoms with Crippen LogP contribution in [0.1, 0.15) is 108 Å². The van der Waals surface area contributed by atoms with Gasteiger partial charge in [-0.25, -0.2) is 9.50 Å². The van der Waals surface area contributed by atoms with Crippen LogP contribution < -0.4 is 20.1 Å². The molecule has 14 heteroatoms. The van der Waals surface area contributed by atoms with Gasteiger partial charge in [0.1, 0.15) is 17.8 Å². The fourth-order valence-corrected chi connectivity index (χ4v) is 9.06. The first-order valence-corrected chi connectivity index (χ1v) is 23.0. The highest BCUT2D eigenvalue weighted by molar-refractivity contribution is 6.01. The molecule has 2 fully saturated rings. The maximum atomic E-state index is 12.8. The predicted molar refractivity (Wildman–Crippen MR) is 254 cm³/mol. The van der Waals surface area contributed by atoms with E-state index in [0.717, 1.165) is 94.1 Å². The van der Waals surface area contributed by atoms with Gasteiger partial charge in [-0.3, -0.25) is 24.6 Å². The third-order valence-electron chi connectivity index (χ3n) is 12.9. The molecule has 2 aliphatic heterocycles. The van der Waals surface area contributed by atoms with Crippen LogP contribution in [0.2, 0.25) is 0 Å². The van der Waals surface area contributed by atoms with Crippen molar-refractivity contribution in [1.29, 1.82) is 0 Å². The number of ether oxygens (including phenoxy) is 2. The Morgan fingerprint density at radius 3 is 2.43 bits per heavy atom. The highest BCUT2D eigenvalue weighted by Crippen LogP contribution is 2.34. The summed E-state index contributed by atoms with van der Waals surface area (Å²) in [5, 5.41) is 13.8. The first-order chi connectivity index (χ1) is 32.4. The third-order valence-corrected chi connectivity index (χ3v) is 12.9. The van der Waals surface area contributed by atoms with Crippen LogP contribution in [-0.2, 0) is 34.5 Å². The summed E-state index contributed by atoms with van der Waals surface area (Å²) < 4.78 is 19.3. The molecule has 67 heavy (non-hydrogen) atoms. The van der Waals surface area contributed by atoms with E-state index in [9.17, 15) is 14.4 Å². The summed E-state index contributed by atoms with van der Waals surface area (Å²) >= 11 is 0. The van der Waals surface area contributed by atoms with E-state index < -0.39 is 5.91 Å². The highest BCUT2D eigenvalue weighted by Gasteiger charge is 2.29. The molecule has 7 aromatic rings. The van der Waals surface area contributed by atoms with Crippen molar-refractivity contribution in [3.63, 3.8) is 0 Å². The summed E-state index contributed by atoms with van der Waals surface area (Å²) in [6.45, 7) is 11.5. The first kappa shape index (κ1) is 45.0. The van der Waals surface area contributed by atoms with Crippen LogP contribution in [0.3, 0.4) is 0 Å². The number of nitrogens with zero attached hydrogens (tertiary/aromatic N) is 6. The lowest BCUT2D eigenvalue weighted by Crippen LogP contribution is -2.39. The minimum Gasteiger partial charge on any atom is -0.496 e. The second-order valence-electron chi connectivity index (χ2n) is 18.7. The average molecular weight is 901 g/mol. The van der Waals surface area contributed by atoms with Gasteiger partial charge in [-0.15, -0.1) is 0 Å². The van der Waals surface area contributed by atoms with Gasteiger partial charge in [0, 0.05) is 48.7 Å². The standard InChI is InChI=1S/C53H56N8O6/c1-33-25-40(15-16-41(33)29-54-51(64)49-58-52(67-59-49)53(2,3)4)48-45-28-42(31-61(45)56-32-55-48)39-7-6-8-43(27-39)66-24-21-38-10-9-34(26-46(38)65-5)30-60-22-19-36(20-23-60)35-11-13-37(14-12-35)44-17-18-47(62)57-50(44)63/h6-16,25-28,31-32,36,44H,17-24,29-30H2,1-5H3,(H,54,64)(H,57,62,63). The molecule has 0 saturated carbocycles. The van der Waals surface area contributed by atoms with Crippen LogP contribution in [0.5, 0.6) is 11.5 Å². The summed E-state index contributed by atoms with van der Waals surface area (Å²) in [7, 11) is 1.72. The SMILES string of the molecule is COc1cc(CN2CCC(c3ccc(C4CCC(=O)NC4=O)cc3)CC2)ccc1CCOc1cccc(-c2cc3c(-c4ccc(CNC(=O)c5noc(C(C)(C)C)n5)c(C)c4)ncnn3c2)c1. The van der Waals surface area contributed by atoms with E-state index >= 15 is 0 Å². The van der Waals surface area contributed by atoms with Crippen LogP contribution in [0, 0.1) is 6.92 Å². The van der Waals surface area contributed by atoms with E-state index in [4.69, 9.17) is 14.0 Å². The number of hydrogen-bond donors (Lipinski definition) is 2. The van der Waals surface area contributed by atoms with E-state index in [1.54, 1.807) is 13.4 Å². The number of aryl methyl sites for hydroxylation is 1. The topological polar surface area (TPSA) is 166 Å². The van der Waals surface area contributed by atoms with Crippen molar-refractivity contribution in [3.05, 3.63) is 149 Å². The Hall–Kier alpha value is -7.19. The summed E-state index contributed by atoms with van der Waals surface area (Å²) in [5.41, 5.74) is 10.8. The molecule has 0 radical (unpaired) electrons. The summed E-state index contributed by atoms with van der Waals surface area (Å²) in [4.78, 5) is 48.1. The molecule has 2 saturated heterocycles. The Labute approximate surface area is 390 Å². The third kappa shape index (κ3) is 10.3. The molecule has 2 N–H and O–H groups in total. The van der Waals surface area contributed by atoms with Gasteiger partial charge in [0.25, 0.3) is 11.7 Å². The average Bonchev–Trinajstić information content (AvgIpc) is 4.02. The van der Waals surface area contributed by atoms with Crippen molar-refractivity contribution in [2.24, 2.45) is 0 Å². The highest BCUT2D eigenvalue weighted by atomic mass is 16.5. The van der Waals surface area contributed by atoms with Gasteiger partial charge in [-0.2, -0.15) is 10.1 Å². The summed E-state index contributed by atoms with van der Waals surface area (Å²) in [6.07, 6.45) is 7.36. The number of rotatable bonds is 14. The Morgan fingerprint density at radius 1 is 0.896 bits per heavy atom. The molecular formula is C53H56N8O6. The Balaban J connectivity index is 0.776. The molecule has 9 rings (SSSR count). The quantitative estimate of drug-likeness (QED) is 0.101. The number of carbonyl (C=O) groups is 3. The molecule has 14 nitrogen and oxygen atoms in total. The van der Waals surface area contributed by atoms with Gasteiger partial charge in [0.15, 0.2) is 0 Å². The number of benzene rings is 4. The molecule has 3 aromatic heterocycles. The molecule has 0 spiro atoms. The number of aromatic nitrogens is 5. The summed E-state index contributed by atoms with van der Waals surface area (Å²) in [6, 6.07) is 31.2. The monoisotopic (exact) mass is 900 g/mol. The van der Waals surface area contributed by atoms with Crippen LogP contribution in [-0.4, -0.2) is 74.2 Å². The first-order valence-electron chi connectivity index (χ1n) is 23.0. The Bertz CT molecular complexity index is 2930. The molecule has 1 unspecified atom stereocenters. The lowest BCUT2D eigenvalue weighted by atomic mass is 9.86. The number of fused-ring (bicyclic) bond motifs is 1. The normalized spacial score (nSPS) is 16.0. The molecule has 3 amide bonds. The smallest absolute Gasteiger partial charge is 0.292 e. The van der Waals surface area contributed by atoms with Gasteiger partial charge in [-0.1, -0.05) is 86.6 Å². The van der Waals surface area contributed by atoms with Crippen molar-refractivity contribution >= 4 is 23.2 Å². The van der Waals surface area contributed by atoms with Crippen molar-refractivity contribution in [2.75, 3.05) is 26.8 Å². The molecule has 0 bridgehead atoms. The molecule has 0 aliphatic carbocycles. The minimum absolute atomic E-state index is 0.0161. The molecular weight excluding hydrogens is 845 g/mol. The van der Waals surface area contributed by atoms with Gasteiger partial charge in [0.05, 0.1) is 30.8 Å². The molecule has 5 heterocycles. The predicted octanol–water partition coefficient (Wildman–Crippen LogP) is 8.51. The second kappa shape index (κ2) is 19.3. The van der Waals surface area contributed by atoms with Gasteiger partial charge < -0.3 is 19.3 Å². The van der Waals surface area contributed by atoms with E-state index in [2.05, 4.69) is 96.4 Å². The Morgan fingerprint density at radius 2 is 1.69 bits per heavy atom. The zero-order chi connectivity index (χ0) is 46.7. The van der Waals surface area contributed by atoms with Crippen molar-refractivity contribution in [2.45, 2.75) is 90.1 Å². The van der Waals surface area contributed by atoms with Crippen molar-refractivity contribution < 1.29 is 28.4 Å². The maximum absolute atomic E-state index is 12.8. The van der Waals surface area contributed by atoms with E-state index in [1.807, 2.05) is 68.7 Å².